The summed E-state index contributed by atoms with van der Waals surface area (Å²) in [4.78, 5) is 15.1. The van der Waals surface area contributed by atoms with E-state index in [0.29, 0.717) is 17.5 Å². The molecule has 206 valence electrons. The third kappa shape index (κ3) is 3.98. The fraction of sp³-hybridized carbons (Fsp3) is 0. The Morgan fingerprint density at radius 1 is 0.341 bits per heavy atom. The van der Waals surface area contributed by atoms with E-state index < -0.39 is 0 Å². The van der Waals surface area contributed by atoms with Crippen LogP contribution in [-0.4, -0.2) is 15.0 Å². The fourth-order valence-corrected chi connectivity index (χ4v) is 6.03. The number of benzene rings is 6. The summed E-state index contributed by atoms with van der Waals surface area (Å²) in [5, 5.41) is 4.05. The van der Waals surface area contributed by atoms with Crippen LogP contribution in [0.5, 0.6) is 0 Å². The standard InChI is InChI=1S/C39H23N3O2/c1-4-12-24(13-5-1)27-20-31(39-41-37(25-14-6-2-7-15-25)40-38(42-39)26-16-8-3-9-17-26)36-30-22-29-28-18-10-11-19-32(28)43-33(29)23-34(30)44-35(36)21-27/h1-23H. The van der Waals surface area contributed by atoms with E-state index in [-0.39, 0.29) is 0 Å². The average molecular weight is 566 g/mol. The van der Waals surface area contributed by atoms with Gasteiger partial charge in [0.15, 0.2) is 17.5 Å². The normalized spacial score (nSPS) is 11.6. The summed E-state index contributed by atoms with van der Waals surface area (Å²) in [6.45, 7) is 0. The Bertz CT molecular complexity index is 2420. The Morgan fingerprint density at radius 2 is 0.886 bits per heavy atom. The van der Waals surface area contributed by atoms with Gasteiger partial charge in [-0.25, -0.2) is 15.0 Å². The molecule has 3 heterocycles. The monoisotopic (exact) mass is 565 g/mol. The summed E-state index contributed by atoms with van der Waals surface area (Å²) in [5.74, 6) is 1.81. The molecule has 5 nitrogen and oxygen atoms in total. The molecule has 0 saturated heterocycles. The fourth-order valence-electron chi connectivity index (χ4n) is 6.03. The Hall–Kier alpha value is -6.07. The lowest BCUT2D eigenvalue weighted by Crippen LogP contribution is -2.00. The summed E-state index contributed by atoms with van der Waals surface area (Å²) in [6.07, 6.45) is 0. The smallest absolute Gasteiger partial charge is 0.164 e. The van der Waals surface area contributed by atoms with Crippen molar-refractivity contribution in [2.45, 2.75) is 0 Å². The third-order valence-electron chi connectivity index (χ3n) is 8.12. The quantitative estimate of drug-likeness (QED) is 0.212. The van der Waals surface area contributed by atoms with Crippen LogP contribution in [-0.2, 0) is 0 Å². The van der Waals surface area contributed by atoms with Gasteiger partial charge in [-0.2, -0.15) is 0 Å². The highest BCUT2D eigenvalue weighted by molar-refractivity contribution is 6.18. The third-order valence-corrected chi connectivity index (χ3v) is 8.12. The van der Waals surface area contributed by atoms with E-state index in [1.165, 1.54) is 0 Å². The van der Waals surface area contributed by atoms with Crippen molar-refractivity contribution in [3.05, 3.63) is 140 Å². The Kier molecular flexibility index (Phi) is 5.43. The molecule has 0 amide bonds. The molecule has 0 saturated carbocycles. The second-order valence-corrected chi connectivity index (χ2v) is 10.8. The van der Waals surface area contributed by atoms with Crippen LogP contribution in [0.1, 0.15) is 0 Å². The SMILES string of the molecule is c1ccc(-c2cc(-c3nc(-c4ccccc4)nc(-c4ccccc4)n3)c3c(c2)oc2cc4oc5ccccc5c4cc23)cc1. The lowest BCUT2D eigenvalue weighted by atomic mass is 9.97. The van der Waals surface area contributed by atoms with Crippen molar-refractivity contribution in [3.8, 4) is 45.3 Å². The van der Waals surface area contributed by atoms with E-state index in [1.807, 2.05) is 103 Å². The topological polar surface area (TPSA) is 65.0 Å². The van der Waals surface area contributed by atoms with Crippen LogP contribution in [0, 0.1) is 0 Å². The lowest BCUT2D eigenvalue weighted by molar-refractivity contribution is 0.656. The van der Waals surface area contributed by atoms with E-state index in [9.17, 15) is 0 Å². The van der Waals surface area contributed by atoms with E-state index in [2.05, 4.69) is 36.4 Å². The molecule has 0 aliphatic heterocycles. The number of furan rings is 2. The first-order valence-corrected chi connectivity index (χ1v) is 14.5. The molecule has 0 aliphatic carbocycles. The van der Waals surface area contributed by atoms with Crippen molar-refractivity contribution in [3.63, 3.8) is 0 Å². The minimum absolute atomic E-state index is 0.584. The van der Waals surface area contributed by atoms with E-state index in [1.54, 1.807) is 0 Å². The van der Waals surface area contributed by atoms with E-state index in [0.717, 1.165) is 71.7 Å². The largest absolute Gasteiger partial charge is 0.456 e. The minimum Gasteiger partial charge on any atom is -0.456 e. The molecule has 0 spiro atoms. The maximum absolute atomic E-state index is 6.58. The van der Waals surface area contributed by atoms with Crippen molar-refractivity contribution in [2.24, 2.45) is 0 Å². The van der Waals surface area contributed by atoms with Crippen LogP contribution in [0.4, 0.5) is 0 Å². The van der Waals surface area contributed by atoms with Crippen molar-refractivity contribution < 1.29 is 8.83 Å². The first-order valence-electron chi connectivity index (χ1n) is 14.5. The van der Waals surface area contributed by atoms with Gasteiger partial charge in [0.2, 0.25) is 0 Å². The first-order chi connectivity index (χ1) is 21.8. The van der Waals surface area contributed by atoms with Crippen LogP contribution in [0.2, 0.25) is 0 Å². The number of hydrogen-bond donors (Lipinski definition) is 0. The van der Waals surface area contributed by atoms with E-state index >= 15 is 0 Å². The molecule has 9 rings (SSSR count). The van der Waals surface area contributed by atoms with Gasteiger partial charge in [-0.3, -0.25) is 0 Å². The molecule has 9 aromatic rings. The van der Waals surface area contributed by atoms with Gasteiger partial charge in [0, 0.05) is 44.3 Å². The molecule has 0 N–H and O–H groups in total. The highest BCUT2D eigenvalue weighted by atomic mass is 16.3. The van der Waals surface area contributed by atoms with Crippen LogP contribution in [0.15, 0.2) is 148 Å². The molecule has 44 heavy (non-hydrogen) atoms. The molecule has 0 fully saturated rings. The van der Waals surface area contributed by atoms with Gasteiger partial charge in [-0.1, -0.05) is 109 Å². The molecule has 0 bridgehead atoms. The summed E-state index contributed by atoms with van der Waals surface area (Å²) in [6, 6.07) is 46.9. The number of aromatic nitrogens is 3. The maximum atomic E-state index is 6.58. The number of nitrogens with zero attached hydrogens (tertiary/aromatic N) is 3. The second-order valence-electron chi connectivity index (χ2n) is 10.8. The van der Waals surface area contributed by atoms with Gasteiger partial charge in [0.25, 0.3) is 0 Å². The minimum atomic E-state index is 0.584. The summed E-state index contributed by atoms with van der Waals surface area (Å²) in [7, 11) is 0. The zero-order chi connectivity index (χ0) is 29.0. The maximum Gasteiger partial charge on any atom is 0.164 e. The van der Waals surface area contributed by atoms with Crippen molar-refractivity contribution in [1.29, 1.82) is 0 Å². The van der Waals surface area contributed by atoms with Crippen LogP contribution < -0.4 is 0 Å². The lowest BCUT2D eigenvalue weighted by Gasteiger charge is -2.11. The molecule has 0 atom stereocenters. The second kappa shape index (κ2) is 9.75. The summed E-state index contributed by atoms with van der Waals surface area (Å²) in [5.41, 5.74) is 7.98. The predicted octanol–water partition coefficient (Wildman–Crippen LogP) is 10.3. The summed E-state index contributed by atoms with van der Waals surface area (Å²) >= 11 is 0. The van der Waals surface area contributed by atoms with Crippen LogP contribution in [0.3, 0.4) is 0 Å². The first kappa shape index (κ1) is 24.5. The highest BCUT2D eigenvalue weighted by Gasteiger charge is 2.21. The predicted molar refractivity (Wildman–Crippen MR) is 176 cm³/mol. The van der Waals surface area contributed by atoms with Crippen molar-refractivity contribution in [2.75, 3.05) is 0 Å². The Morgan fingerprint density at radius 3 is 1.57 bits per heavy atom. The zero-order valence-electron chi connectivity index (χ0n) is 23.4. The molecule has 3 aromatic heterocycles. The molecule has 5 heteroatoms. The van der Waals surface area contributed by atoms with Gasteiger partial charge in [0.1, 0.15) is 22.3 Å². The molecule has 0 radical (unpaired) electrons. The summed E-state index contributed by atoms with van der Waals surface area (Å²) < 4.78 is 12.8. The average Bonchev–Trinajstić information content (AvgIpc) is 3.65. The molecule has 0 aliphatic rings. The van der Waals surface area contributed by atoms with Crippen LogP contribution >= 0.6 is 0 Å². The van der Waals surface area contributed by atoms with Crippen molar-refractivity contribution in [1.82, 2.24) is 15.0 Å². The Balaban J connectivity index is 1.39. The van der Waals surface area contributed by atoms with Gasteiger partial charge in [0.05, 0.1) is 0 Å². The number of hydrogen-bond acceptors (Lipinski definition) is 5. The van der Waals surface area contributed by atoms with Crippen molar-refractivity contribution >= 4 is 43.9 Å². The Labute approximate surface area is 252 Å². The number of para-hydroxylation sites is 1. The van der Waals surface area contributed by atoms with Gasteiger partial charge in [-0.15, -0.1) is 0 Å². The number of rotatable bonds is 4. The zero-order valence-corrected chi connectivity index (χ0v) is 23.4. The molecule has 6 aromatic carbocycles. The van der Waals surface area contributed by atoms with Crippen LogP contribution in [0.25, 0.3) is 89.2 Å². The van der Waals surface area contributed by atoms with Gasteiger partial charge < -0.3 is 8.83 Å². The van der Waals surface area contributed by atoms with E-state index in [4.69, 9.17) is 23.8 Å². The molecular formula is C39H23N3O2. The molecular weight excluding hydrogens is 542 g/mol. The van der Waals surface area contributed by atoms with Gasteiger partial charge >= 0.3 is 0 Å². The molecule has 0 unspecified atom stereocenters. The number of fused-ring (bicyclic) bond motifs is 6. The highest BCUT2D eigenvalue weighted by Crippen LogP contribution is 2.42. The van der Waals surface area contributed by atoms with Gasteiger partial charge in [-0.05, 0) is 35.4 Å².